The van der Waals surface area contributed by atoms with Crippen LogP contribution in [0.5, 0.6) is 11.8 Å². The number of hydrogen-bond acceptors (Lipinski definition) is 3. The van der Waals surface area contributed by atoms with Crippen LogP contribution >= 0.6 is 27.5 Å². The van der Waals surface area contributed by atoms with Crippen molar-refractivity contribution in [2.24, 2.45) is 0 Å². The Morgan fingerprint density at radius 1 is 1.29 bits per heavy atom. The van der Waals surface area contributed by atoms with E-state index in [1.54, 1.807) is 6.20 Å². The summed E-state index contributed by atoms with van der Waals surface area (Å²) in [5.41, 5.74) is 1.75. The number of aryl methyl sites for hydroxylation is 1. The van der Waals surface area contributed by atoms with E-state index in [4.69, 9.17) is 16.3 Å². The monoisotopic (exact) mass is 312 g/mol. The highest BCUT2D eigenvalue weighted by molar-refractivity contribution is 9.10. The average Bonchev–Trinajstić information content (AvgIpc) is 2.32. The zero-order valence-corrected chi connectivity index (χ0v) is 11.5. The molecule has 2 rings (SSSR count). The number of aromatic nitrogens is 2. The van der Waals surface area contributed by atoms with Gasteiger partial charge in [-0.3, -0.25) is 0 Å². The summed E-state index contributed by atoms with van der Waals surface area (Å²) in [5, 5.41) is 0. The van der Waals surface area contributed by atoms with Crippen molar-refractivity contribution >= 4 is 27.5 Å². The summed E-state index contributed by atoms with van der Waals surface area (Å²) in [5.74, 6) is 1.11. The molecule has 0 radical (unpaired) electrons. The van der Waals surface area contributed by atoms with Crippen LogP contribution in [0.15, 0.2) is 34.9 Å². The lowest BCUT2D eigenvalue weighted by molar-refractivity contribution is 0.439. The third-order valence-electron chi connectivity index (χ3n) is 2.23. The molecule has 2 aromatic rings. The van der Waals surface area contributed by atoms with Crippen LogP contribution in [0, 0.1) is 6.92 Å². The molecule has 0 saturated heterocycles. The Hall–Kier alpha value is -1.13. The van der Waals surface area contributed by atoms with E-state index in [9.17, 15) is 0 Å². The standard InChI is InChI=1S/C12H10BrClN2O/c1-8-9(6-14)7-15-12(16-8)17-11-4-2-10(13)3-5-11/h2-5,7H,6H2,1H3. The van der Waals surface area contributed by atoms with Crippen LogP contribution in [0.2, 0.25) is 0 Å². The average molecular weight is 314 g/mol. The minimum Gasteiger partial charge on any atom is -0.424 e. The van der Waals surface area contributed by atoms with Gasteiger partial charge in [-0.1, -0.05) is 15.9 Å². The van der Waals surface area contributed by atoms with Crippen LogP contribution in [0.3, 0.4) is 0 Å². The molecule has 5 heteroatoms. The van der Waals surface area contributed by atoms with E-state index in [-0.39, 0.29) is 0 Å². The SMILES string of the molecule is Cc1nc(Oc2ccc(Br)cc2)ncc1CCl. The topological polar surface area (TPSA) is 35.0 Å². The van der Waals surface area contributed by atoms with Gasteiger partial charge in [-0.2, -0.15) is 4.98 Å². The second-order valence-electron chi connectivity index (χ2n) is 3.45. The maximum atomic E-state index is 5.74. The van der Waals surface area contributed by atoms with Gasteiger partial charge in [-0.25, -0.2) is 4.98 Å². The summed E-state index contributed by atoms with van der Waals surface area (Å²) >= 11 is 9.10. The summed E-state index contributed by atoms with van der Waals surface area (Å²) in [6, 6.07) is 7.82. The molecule has 0 saturated carbocycles. The van der Waals surface area contributed by atoms with Crippen LogP contribution in [0.25, 0.3) is 0 Å². The molecule has 0 aliphatic heterocycles. The smallest absolute Gasteiger partial charge is 0.322 e. The number of nitrogens with zero attached hydrogens (tertiary/aromatic N) is 2. The molecule has 0 N–H and O–H groups in total. The number of alkyl halides is 1. The van der Waals surface area contributed by atoms with Gasteiger partial charge in [0.1, 0.15) is 5.75 Å². The Balaban J connectivity index is 2.19. The molecular weight excluding hydrogens is 304 g/mol. The van der Waals surface area contributed by atoms with E-state index in [1.165, 1.54) is 0 Å². The van der Waals surface area contributed by atoms with E-state index in [1.807, 2.05) is 31.2 Å². The Morgan fingerprint density at radius 3 is 2.59 bits per heavy atom. The third kappa shape index (κ3) is 3.17. The lowest BCUT2D eigenvalue weighted by Gasteiger charge is -2.06. The van der Waals surface area contributed by atoms with Gasteiger partial charge in [0.2, 0.25) is 0 Å². The van der Waals surface area contributed by atoms with Crippen molar-refractivity contribution in [1.29, 1.82) is 0 Å². The number of ether oxygens (including phenoxy) is 1. The first-order chi connectivity index (χ1) is 8.19. The van der Waals surface area contributed by atoms with Crippen LogP contribution in [-0.2, 0) is 5.88 Å². The van der Waals surface area contributed by atoms with Gasteiger partial charge in [0.15, 0.2) is 0 Å². The molecule has 0 fully saturated rings. The molecule has 0 aliphatic rings. The molecule has 0 spiro atoms. The van der Waals surface area contributed by atoms with Crippen LogP contribution in [0.4, 0.5) is 0 Å². The lowest BCUT2D eigenvalue weighted by atomic mass is 10.3. The molecule has 1 aromatic carbocycles. The second kappa shape index (κ2) is 5.47. The predicted octanol–water partition coefficient (Wildman–Crippen LogP) is 4.08. The van der Waals surface area contributed by atoms with E-state index in [0.29, 0.717) is 17.6 Å². The van der Waals surface area contributed by atoms with Crippen molar-refractivity contribution in [3.8, 4) is 11.8 Å². The molecule has 1 aromatic heterocycles. The Morgan fingerprint density at radius 2 is 2.00 bits per heavy atom. The first-order valence-corrected chi connectivity index (χ1v) is 6.33. The first-order valence-electron chi connectivity index (χ1n) is 5.01. The molecule has 1 heterocycles. The molecule has 17 heavy (non-hydrogen) atoms. The predicted molar refractivity (Wildman–Crippen MR) is 70.5 cm³/mol. The van der Waals surface area contributed by atoms with Gasteiger partial charge in [0.25, 0.3) is 0 Å². The van der Waals surface area contributed by atoms with Crippen molar-refractivity contribution in [3.63, 3.8) is 0 Å². The van der Waals surface area contributed by atoms with E-state index < -0.39 is 0 Å². The highest BCUT2D eigenvalue weighted by Crippen LogP contribution is 2.21. The molecule has 0 aliphatic carbocycles. The fourth-order valence-electron chi connectivity index (χ4n) is 1.26. The van der Waals surface area contributed by atoms with Gasteiger partial charge in [-0.15, -0.1) is 11.6 Å². The fraction of sp³-hybridized carbons (Fsp3) is 0.167. The summed E-state index contributed by atoms with van der Waals surface area (Å²) in [6.07, 6.45) is 1.68. The summed E-state index contributed by atoms with van der Waals surface area (Å²) in [7, 11) is 0. The molecule has 0 bridgehead atoms. The molecule has 3 nitrogen and oxygen atoms in total. The van der Waals surface area contributed by atoms with Gasteiger partial charge in [-0.05, 0) is 31.2 Å². The summed E-state index contributed by atoms with van der Waals surface area (Å²) in [4.78, 5) is 8.33. The number of rotatable bonds is 3. The largest absolute Gasteiger partial charge is 0.424 e. The number of halogens is 2. The van der Waals surface area contributed by atoms with Crippen LogP contribution in [-0.4, -0.2) is 9.97 Å². The van der Waals surface area contributed by atoms with Gasteiger partial charge < -0.3 is 4.74 Å². The minimum atomic E-state index is 0.332. The number of hydrogen-bond donors (Lipinski definition) is 0. The summed E-state index contributed by atoms with van der Waals surface area (Å²) < 4.78 is 6.53. The lowest BCUT2D eigenvalue weighted by Crippen LogP contribution is -1.97. The van der Waals surface area contributed by atoms with E-state index >= 15 is 0 Å². The van der Waals surface area contributed by atoms with Crippen molar-refractivity contribution in [2.75, 3.05) is 0 Å². The molecule has 0 atom stereocenters. The van der Waals surface area contributed by atoms with Gasteiger partial charge >= 0.3 is 6.01 Å². The van der Waals surface area contributed by atoms with E-state index in [0.717, 1.165) is 15.7 Å². The second-order valence-corrected chi connectivity index (χ2v) is 4.64. The molecule has 0 unspecified atom stereocenters. The Kier molecular flexibility index (Phi) is 3.97. The summed E-state index contributed by atoms with van der Waals surface area (Å²) in [6.45, 7) is 1.88. The van der Waals surface area contributed by atoms with Crippen molar-refractivity contribution < 1.29 is 4.74 Å². The third-order valence-corrected chi connectivity index (χ3v) is 3.04. The quantitative estimate of drug-likeness (QED) is 0.801. The highest BCUT2D eigenvalue weighted by Gasteiger charge is 2.04. The first kappa shape index (κ1) is 12.3. The Bertz CT molecular complexity index is 516. The zero-order valence-electron chi connectivity index (χ0n) is 9.15. The Labute approximate surface area is 113 Å². The van der Waals surface area contributed by atoms with E-state index in [2.05, 4.69) is 25.9 Å². The van der Waals surface area contributed by atoms with Gasteiger partial charge in [0, 0.05) is 21.9 Å². The fourth-order valence-corrected chi connectivity index (χ4v) is 1.79. The zero-order chi connectivity index (χ0) is 12.3. The molecule has 88 valence electrons. The maximum Gasteiger partial charge on any atom is 0.322 e. The van der Waals surface area contributed by atoms with Crippen LogP contribution in [0.1, 0.15) is 11.3 Å². The van der Waals surface area contributed by atoms with Crippen molar-refractivity contribution in [1.82, 2.24) is 9.97 Å². The van der Waals surface area contributed by atoms with Crippen molar-refractivity contribution in [3.05, 3.63) is 46.2 Å². The maximum absolute atomic E-state index is 5.74. The molecule has 0 amide bonds. The van der Waals surface area contributed by atoms with Crippen molar-refractivity contribution in [2.45, 2.75) is 12.8 Å². The molecular formula is C12H10BrClN2O. The normalized spacial score (nSPS) is 10.3. The van der Waals surface area contributed by atoms with Crippen LogP contribution < -0.4 is 4.74 Å². The minimum absolute atomic E-state index is 0.332. The van der Waals surface area contributed by atoms with Gasteiger partial charge in [0.05, 0.1) is 5.88 Å². The highest BCUT2D eigenvalue weighted by atomic mass is 79.9. The number of benzene rings is 1.